The second-order valence-corrected chi connectivity index (χ2v) is 5.77. The summed E-state index contributed by atoms with van der Waals surface area (Å²) in [5.74, 6) is 0. The van der Waals surface area contributed by atoms with E-state index in [-0.39, 0.29) is 28.3 Å². The maximum absolute atomic E-state index is 12.2. The lowest BCUT2D eigenvalue weighted by molar-refractivity contribution is -0.427. The van der Waals surface area contributed by atoms with Gasteiger partial charge in [0.25, 0.3) is 5.70 Å². The molecule has 0 saturated carbocycles. The van der Waals surface area contributed by atoms with Gasteiger partial charge in [-0.25, -0.2) is 8.42 Å². The second-order valence-electron chi connectivity index (χ2n) is 3.80. The Morgan fingerprint density at radius 3 is 2.35 bits per heavy atom. The molecule has 1 aliphatic rings. The van der Waals surface area contributed by atoms with E-state index < -0.39 is 14.8 Å². The fraction of sp³-hybridized carbons (Fsp3) is 0.273. The van der Waals surface area contributed by atoms with Crippen molar-refractivity contribution in [3.63, 3.8) is 0 Å². The molecule has 6 heteroatoms. The topological polar surface area (TPSA) is 77.3 Å². The summed E-state index contributed by atoms with van der Waals surface area (Å²) in [6, 6.07) is 7.83. The zero-order chi connectivity index (χ0) is 12.5. The highest BCUT2D eigenvalue weighted by Crippen LogP contribution is 2.33. The highest BCUT2D eigenvalue weighted by Gasteiger charge is 2.34. The maximum atomic E-state index is 12.2. The lowest BCUT2D eigenvalue weighted by atomic mass is 10.3. The molecule has 90 valence electrons. The molecule has 0 saturated heterocycles. The van der Waals surface area contributed by atoms with Gasteiger partial charge in [0.15, 0.2) is 0 Å². The van der Waals surface area contributed by atoms with E-state index in [2.05, 4.69) is 0 Å². The van der Waals surface area contributed by atoms with E-state index in [1.807, 2.05) is 0 Å². The van der Waals surface area contributed by atoms with Crippen LogP contribution in [0, 0.1) is 10.1 Å². The number of allylic oxidation sites excluding steroid dienone is 2. The van der Waals surface area contributed by atoms with Crippen LogP contribution in [-0.2, 0) is 9.84 Å². The third-order valence-electron chi connectivity index (χ3n) is 2.74. The largest absolute Gasteiger partial charge is 0.261 e. The molecule has 0 unspecified atom stereocenters. The molecule has 0 radical (unpaired) electrons. The molecule has 1 aromatic carbocycles. The van der Waals surface area contributed by atoms with E-state index in [1.165, 1.54) is 12.1 Å². The second kappa shape index (κ2) is 4.29. The van der Waals surface area contributed by atoms with Crippen molar-refractivity contribution in [3.05, 3.63) is 51.0 Å². The molecule has 5 nitrogen and oxygen atoms in total. The van der Waals surface area contributed by atoms with Crippen molar-refractivity contribution in [3.8, 4) is 0 Å². The van der Waals surface area contributed by atoms with Crippen molar-refractivity contribution in [1.29, 1.82) is 0 Å². The summed E-state index contributed by atoms with van der Waals surface area (Å²) < 4.78 is 24.4. The number of benzene rings is 1. The van der Waals surface area contributed by atoms with Crippen molar-refractivity contribution >= 4 is 9.84 Å². The zero-order valence-corrected chi connectivity index (χ0v) is 9.81. The van der Waals surface area contributed by atoms with E-state index in [1.54, 1.807) is 18.2 Å². The van der Waals surface area contributed by atoms with Gasteiger partial charge in [-0.1, -0.05) is 18.2 Å². The van der Waals surface area contributed by atoms with Crippen LogP contribution >= 0.6 is 0 Å². The van der Waals surface area contributed by atoms with Crippen LogP contribution in [0.2, 0.25) is 0 Å². The molecular weight excluding hydrogens is 242 g/mol. The summed E-state index contributed by atoms with van der Waals surface area (Å²) in [5, 5.41) is 10.8. The molecule has 0 N–H and O–H groups in total. The summed E-state index contributed by atoms with van der Waals surface area (Å²) in [4.78, 5) is 10.3. The lowest BCUT2D eigenvalue weighted by Crippen LogP contribution is -2.08. The Hall–Kier alpha value is -1.69. The first-order valence-electron chi connectivity index (χ1n) is 5.20. The van der Waals surface area contributed by atoms with Crippen LogP contribution in [0.3, 0.4) is 0 Å². The molecule has 0 fully saturated rings. The average molecular weight is 253 g/mol. The van der Waals surface area contributed by atoms with Gasteiger partial charge in [-0.2, -0.15) is 0 Å². The monoisotopic (exact) mass is 253 g/mol. The van der Waals surface area contributed by atoms with Gasteiger partial charge in [-0.3, -0.25) is 10.1 Å². The van der Waals surface area contributed by atoms with E-state index in [0.717, 1.165) is 0 Å². The summed E-state index contributed by atoms with van der Waals surface area (Å²) in [5.41, 5.74) is -0.158. The van der Waals surface area contributed by atoms with E-state index in [0.29, 0.717) is 6.42 Å². The quantitative estimate of drug-likeness (QED) is 0.610. The van der Waals surface area contributed by atoms with Gasteiger partial charge >= 0.3 is 0 Å². The van der Waals surface area contributed by atoms with Crippen LogP contribution in [-0.4, -0.2) is 13.3 Å². The van der Waals surface area contributed by atoms with Crippen molar-refractivity contribution < 1.29 is 13.3 Å². The predicted octanol–water partition coefficient (Wildman–Crippen LogP) is 2.13. The van der Waals surface area contributed by atoms with Gasteiger partial charge < -0.3 is 0 Å². The number of rotatable bonds is 3. The molecule has 1 aliphatic carbocycles. The Bertz CT molecular complexity index is 575. The van der Waals surface area contributed by atoms with Gasteiger partial charge in [0.05, 0.1) is 9.82 Å². The minimum absolute atomic E-state index is 0.0336. The number of nitrogens with zero attached hydrogens (tertiary/aromatic N) is 1. The molecule has 0 aliphatic heterocycles. The average Bonchev–Trinajstić information content (AvgIpc) is 2.80. The van der Waals surface area contributed by atoms with Crippen LogP contribution in [0.1, 0.15) is 19.3 Å². The first-order valence-corrected chi connectivity index (χ1v) is 6.68. The Kier molecular flexibility index (Phi) is 2.97. The Morgan fingerprint density at radius 2 is 1.76 bits per heavy atom. The van der Waals surface area contributed by atoms with Gasteiger partial charge in [0, 0.05) is 6.42 Å². The Labute approximate surface area is 98.8 Å². The van der Waals surface area contributed by atoms with E-state index in [9.17, 15) is 18.5 Å². The first-order chi connectivity index (χ1) is 8.03. The number of nitro groups is 1. The molecule has 0 heterocycles. The van der Waals surface area contributed by atoms with Crippen LogP contribution in [0.15, 0.2) is 45.8 Å². The van der Waals surface area contributed by atoms with Crippen LogP contribution in [0.5, 0.6) is 0 Å². The molecule has 0 amide bonds. The summed E-state index contributed by atoms with van der Waals surface area (Å²) in [7, 11) is -3.69. The fourth-order valence-corrected chi connectivity index (χ4v) is 3.62. The van der Waals surface area contributed by atoms with Crippen molar-refractivity contribution in [2.24, 2.45) is 0 Å². The smallest absolute Gasteiger partial charge is 0.259 e. The number of hydrogen-bond acceptors (Lipinski definition) is 4. The SMILES string of the molecule is O=[N+]([O-])C1=C(S(=O)(=O)c2ccccc2)CCC1. The summed E-state index contributed by atoms with van der Waals surface area (Å²) in [6.45, 7) is 0. The highest BCUT2D eigenvalue weighted by molar-refractivity contribution is 7.95. The molecule has 0 spiro atoms. The highest BCUT2D eigenvalue weighted by atomic mass is 32.2. The summed E-state index contributed by atoms with van der Waals surface area (Å²) in [6.07, 6.45) is 1.01. The van der Waals surface area contributed by atoms with E-state index in [4.69, 9.17) is 0 Å². The summed E-state index contributed by atoms with van der Waals surface area (Å²) >= 11 is 0. The van der Waals surface area contributed by atoms with Crippen molar-refractivity contribution in [2.45, 2.75) is 24.2 Å². The zero-order valence-electron chi connectivity index (χ0n) is 9.00. The lowest BCUT2D eigenvalue weighted by Gasteiger charge is -2.04. The fourth-order valence-electron chi connectivity index (χ4n) is 1.92. The standard InChI is InChI=1S/C11H11NO4S/c13-12(14)10-7-4-8-11(10)17(15,16)9-5-2-1-3-6-9/h1-3,5-6H,4,7-8H2. The normalized spacial score (nSPS) is 16.2. The first kappa shape index (κ1) is 11.8. The van der Waals surface area contributed by atoms with Crippen LogP contribution < -0.4 is 0 Å². The van der Waals surface area contributed by atoms with Gasteiger partial charge in [-0.15, -0.1) is 0 Å². The van der Waals surface area contributed by atoms with Crippen molar-refractivity contribution in [1.82, 2.24) is 0 Å². The molecule has 0 aromatic heterocycles. The van der Waals surface area contributed by atoms with Crippen LogP contribution in [0.4, 0.5) is 0 Å². The maximum Gasteiger partial charge on any atom is 0.261 e. The van der Waals surface area contributed by atoms with E-state index >= 15 is 0 Å². The predicted molar refractivity (Wildman–Crippen MR) is 61.5 cm³/mol. The minimum Gasteiger partial charge on any atom is -0.259 e. The molecule has 1 aromatic rings. The van der Waals surface area contributed by atoms with Gasteiger partial charge in [-0.05, 0) is 25.0 Å². The molecule has 2 rings (SSSR count). The molecular formula is C11H11NO4S. The number of sulfone groups is 1. The third-order valence-corrected chi connectivity index (χ3v) is 4.72. The minimum atomic E-state index is -3.69. The third kappa shape index (κ3) is 2.08. The molecule has 0 atom stereocenters. The van der Waals surface area contributed by atoms with Crippen molar-refractivity contribution in [2.75, 3.05) is 0 Å². The van der Waals surface area contributed by atoms with Gasteiger partial charge in [0.2, 0.25) is 9.84 Å². The Balaban J connectivity index is 2.54. The van der Waals surface area contributed by atoms with Gasteiger partial charge in [0.1, 0.15) is 4.91 Å². The molecule has 0 bridgehead atoms. The van der Waals surface area contributed by atoms with Crippen LogP contribution in [0.25, 0.3) is 0 Å². The number of hydrogen-bond donors (Lipinski definition) is 0. The molecule has 17 heavy (non-hydrogen) atoms. The Morgan fingerprint density at radius 1 is 1.12 bits per heavy atom.